The van der Waals surface area contributed by atoms with Gasteiger partial charge in [-0.05, 0) is 17.5 Å². The van der Waals surface area contributed by atoms with E-state index < -0.39 is 0 Å². The van der Waals surface area contributed by atoms with Crippen LogP contribution < -0.4 is 5.73 Å². The zero-order chi connectivity index (χ0) is 11.4. The van der Waals surface area contributed by atoms with Crippen molar-refractivity contribution in [1.82, 2.24) is 0 Å². The fraction of sp³-hybridized carbons (Fsp3) is 0.200. The van der Waals surface area contributed by atoms with E-state index >= 15 is 0 Å². The predicted molar refractivity (Wildman–Crippen MR) is 70.3 cm³/mol. The van der Waals surface area contributed by atoms with E-state index in [1.165, 1.54) is 11.1 Å². The lowest BCUT2D eigenvalue weighted by Gasteiger charge is -2.10. The maximum Gasteiger partial charge on any atom is 0.0426 e. The van der Waals surface area contributed by atoms with Crippen LogP contribution in [0.1, 0.15) is 18.9 Å². The first-order chi connectivity index (χ1) is 7.83. The molecular formula is C15H17N. The molecule has 2 aromatic rings. The lowest BCUT2D eigenvalue weighted by atomic mass is 9.98. The third kappa shape index (κ3) is 2.08. The highest BCUT2D eigenvalue weighted by molar-refractivity contribution is 5.78. The molecule has 2 N–H and O–H groups in total. The third-order valence-corrected chi connectivity index (χ3v) is 2.80. The maximum absolute atomic E-state index is 6.20. The minimum Gasteiger partial charge on any atom is -0.398 e. The van der Waals surface area contributed by atoms with Gasteiger partial charge in [-0.3, -0.25) is 0 Å². The van der Waals surface area contributed by atoms with Crippen molar-refractivity contribution in [1.29, 1.82) is 0 Å². The minimum absolute atomic E-state index is 0.926. The van der Waals surface area contributed by atoms with Crippen molar-refractivity contribution in [2.75, 3.05) is 5.73 Å². The average Bonchev–Trinajstić information content (AvgIpc) is 2.33. The van der Waals surface area contributed by atoms with Crippen molar-refractivity contribution < 1.29 is 0 Å². The molecule has 1 heteroatoms. The van der Waals surface area contributed by atoms with E-state index in [1.54, 1.807) is 0 Å². The van der Waals surface area contributed by atoms with Gasteiger partial charge in [0, 0.05) is 11.3 Å². The lowest BCUT2D eigenvalue weighted by molar-refractivity contribution is 0.925. The summed E-state index contributed by atoms with van der Waals surface area (Å²) in [4.78, 5) is 0. The van der Waals surface area contributed by atoms with E-state index in [0.717, 1.165) is 24.1 Å². The molecule has 0 aromatic heterocycles. The molecule has 0 unspecified atom stereocenters. The fourth-order valence-electron chi connectivity index (χ4n) is 1.97. The first kappa shape index (κ1) is 10.7. The largest absolute Gasteiger partial charge is 0.398 e. The Kier molecular flexibility index (Phi) is 3.25. The number of aryl methyl sites for hydroxylation is 1. The highest BCUT2D eigenvalue weighted by Gasteiger charge is 2.05. The molecule has 0 radical (unpaired) electrons. The topological polar surface area (TPSA) is 26.0 Å². The molecule has 0 aliphatic rings. The van der Waals surface area contributed by atoms with Crippen molar-refractivity contribution in [2.24, 2.45) is 0 Å². The normalized spacial score (nSPS) is 10.3. The predicted octanol–water partition coefficient (Wildman–Crippen LogP) is 3.89. The van der Waals surface area contributed by atoms with Gasteiger partial charge in [-0.2, -0.15) is 0 Å². The van der Waals surface area contributed by atoms with Gasteiger partial charge in [0.05, 0.1) is 0 Å². The molecule has 1 nitrogen and oxygen atoms in total. The summed E-state index contributed by atoms with van der Waals surface area (Å²) >= 11 is 0. The second kappa shape index (κ2) is 4.84. The van der Waals surface area contributed by atoms with Gasteiger partial charge in [0.25, 0.3) is 0 Å². The Labute approximate surface area is 96.9 Å². The van der Waals surface area contributed by atoms with Gasteiger partial charge in [-0.25, -0.2) is 0 Å². The van der Waals surface area contributed by atoms with Crippen molar-refractivity contribution in [2.45, 2.75) is 19.8 Å². The highest BCUT2D eigenvalue weighted by Crippen LogP contribution is 2.28. The monoisotopic (exact) mass is 211 g/mol. The first-order valence-corrected chi connectivity index (χ1v) is 5.75. The van der Waals surface area contributed by atoms with Crippen LogP contribution in [0.15, 0.2) is 48.5 Å². The number of para-hydroxylation sites is 1. The molecule has 0 atom stereocenters. The highest BCUT2D eigenvalue weighted by atomic mass is 14.6. The number of benzene rings is 2. The zero-order valence-corrected chi connectivity index (χ0v) is 9.61. The van der Waals surface area contributed by atoms with Gasteiger partial charge in [0.1, 0.15) is 0 Å². The van der Waals surface area contributed by atoms with E-state index in [1.807, 2.05) is 18.2 Å². The number of nitrogen functional groups attached to an aromatic ring is 1. The van der Waals surface area contributed by atoms with Crippen molar-refractivity contribution in [3.05, 3.63) is 54.1 Å². The second-order valence-electron chi connectivity index (χ2n) is 3.99. The molecule has 16 heavy (non-hydrogen) atoms. The Morgan fingerprint density at radius 2 is 1.69 bits per heavy atom. The molecule has 0 spiro atoms. The Hall–Kier alpha value is -1.76. The first-order valence-electron chi connectivity index (χ1n) is 5.75. The van der Waals surface area contributed by atoms with Crippen LogP contribution >= 0.6 is 0 Å². The molecule has 0 saturated heterocycles. The molecule has 0 bridgehead atoms. The number of hydrogen-bond donors (Lipinski definition) is 1. The Morgan fingerprint density at radius 3 is 2.38 bits per heavy atom. The summed E-state index contributed by atoms with van der Waals surface area (Å²) in [7, 11) is 0. The van der Waals surface area contributed by atoms with Crippen LogP contribution in [-0.2, 0) is 6.42 Å². The molecule has 82 valence electrons. The molecule has 0 amide bonds. The van der Waals surface area contributed by atoms with Crippen LogP contribution in [0.4, 0.5) is 5.69 Å². The number of nitrogens with two attached hydrogens (primary N) is 1. The SMILES string of the molecule is CCCc1cccc(-c2ccccc2)c1N. The molecule has 0 fully saturated rings. The van der Waals surface area contributed by atoms with Gasteiger partial charge in [0.15, 0.2) is 0 Å². The molecule has 0 aliphatic heterocycles. The molecule has 0 saturated carbocycles. The summed E-state index contributed by atoms with van der Waals surface area (Å²) in [5, 5.41) is 0. The second-order valence-corrected chi connectivity index (χ2v) is 3.99. The maximum atomic E-state index is 6.20. The average molecular weight is 211 g/mol. The summed E-state index contributed by atoms with van der Waals surface area (Å²) in [5.74, 6) is 0. The van der Waals surface area contributed by atoms with Crippen LogP contribution in [0.5, 0.6) is 0 Å². The minimum atomic E-state index is 0.926. The van der Waals surface area contributed by atoms with E-state index in [4.69, 9.17) is 5.73 Å². The van der Waals surface area contributed by atoms with Gasteiger partial charge in [-0.15, -0.1) is 0 Å². The van der Waals surface area contributed by atoms with Crippen molar-refractivity contribution in [3.63, 3.8) is 0 Å². The third-order valence-electron chi connectivity index (χ3n) is 2.80. The van der Waals surface area contributed by atoms with E-state index in [9.17, 15) is 0 Å². The molecular weight excluding hydrogens is 194 g/mol. The van der Waals surface area contributed by atoms with Crippen molar-refractivity contribution in [3.8, 4) is 11.1 Å². The van der Waals surface area contributed by atoms with E-state index in [-0.39, 0.29) is 0 Å². The summed E-state index contributed by atoms with van der Waals surface area (Å²) < 4.78 is 0. The molecule has 2 rings (SSSR count). The fourth-order valence-corrected chi connectivity index (χ4v) is 1.97. The Bertz CT molecular complexity index is 460. The van der Waals surface area contributed by atoms with E-state index in [2.05, 4.69) is 37.3 Å². The summed E-state index contributed by atoms with van der Waals surface area (Å²) in [5.41, 5.74) is 10.7. The van der Waals surface area contributed by atoms with Crippen LogP contribution in [0, 0.1) is 0 Å². The number of anilines is 1. The van der Waals surface area contributed by atoms with E-state index in [0.29, 0.717) is 0 Å². The molecule has 0 aliphatic carbocycles. The summed E-state index contributed by atoms with van der Waals surface area (Å²) in [6, 6.07) is 16.6. The number of rotatable bonds is 3. The smallest absolute Gasteiger partial charge is 0.0426 e. The lowest BCUT2D eigenvalue weighted by Crippen LogP contribution is -1.96. The van der Waals surface area contributed by atoms with Crippen LogP contribution in [0.2, 0.25) is 0 Å². The zero-order valence-electron chi connectivity index (χ0n) is 9.61. The van der Waals surface area contributed by atoms with Crippen LogP contribution in [0.3, 0.4) is 0 Å². The summed E-state index contributed by atoms with van der Waals surface area (Å²) in [6.07, 6.45) is 2.18. The standard InChI is InChI=1S/C15H17N/c1-2-7-13-10-6-11-14(15(13)16)12-8-4-3-5-9-12/h3-6,8-11H,2,7,16H2,1H3. The van der Waals surface area contributed by atoms with Gasteiger partial charge < -0.3 is 5.73 Å². The van der Waals surface area contributed by atoms with Gasteiger partial charge in [-0.1, -0.05) is 61.9 Å². The Balaban J connectivity index is 2.46. The summed E-state index contributed by atoms with van der Waals surface area (Å²) in [6.45, 7) is 2.18. The number of hydrogen-bond acceptors (Lipinski definition) is 1. The molecule has 2 aromatic carbocycles. The van der Waals surface area contributed by atoms with Gasteiger partial charge >= 0.3 is 0 Å². The van der Waals surface area contributed by atoms with Crippen LogP contribution in [-0.4, -0.2) is 0 Å². The molecule has 0 heterocycles. The van der Waals surface area contributed by atoms with Crippen LogP contribution in [0.25, 0.3) is 11.1 Å². The quantitative estimate of drug-likeness (QED) is 0.766. The Morgan fingerprint density at radius 1 is 0.938 bits per heavy atom. The van der Waals surface area contributed by atoms with Gasteiger partial charge in [0.2, 0.25) is 0 Å². The van der Waals surface area contributed by atoms with Crippen molar-refractivity contribution >= 4 is 5.69 Å².